The summed E-state index contributed by atoms with van der Waals surface area (Å²) >= 11 is 2.74. The fourth-order valence-electron chi connectivity index (χ4n) is 4.81. The lowest BCUT2D eigenvalue weighted by Gasteiger charge is -2.22. The number of thiophene rings is 2. The van der Waals surface area contributed by atoms with Gasteiger partial charge in [0.05, 0.1) is 11.3 Å². The van der Waals surface area contributed by atoms with E-state index in [1.54, 1.807) is 0 Å². The van der Waals surface area contributed by atoms with Crippen LogP contribution >= 0.6 is 22.7 Å². The second-order valence-electron chi connectivity index (χ2n) is 8.98. The summed E-state index contributed by atoms with van der Waals surface area (Å²) in [7, 11) is 0. The molecule has 5 rings (SSSR count). The van der Waals surface area contributed by atoms with Gasteiger partial charge < -0.3 is 16.8 Å². The minimum atomic E-state index is -0.512. The van der Waals surface area contributed by atoms with E-state index in [0.29, 0.717) is 27.0 Å². The predicted molar refractivity (Wildman–Crippen MR) is 145 cm³/mol. The minimum absolute atomic E-state index is 0.332. The van der Waals surface area contributed by atoms with Crippen molar-refractivity contribution in [3.8, 4) is 0 Å². The molecule has 3 heterocycles. The van der Waals surface area contributed by atoms with E-state index in [-0.39, 0.29) is 5.91 Å². The topological polar surface area (TPSA) is 111 Å². The molecule has 0 saturated heterocycles. The zero-order valence-electron chi connectivity index (χ0n) is 19.6. The second kappa shape index (κ2) is 9.79. The molecule has 0 radical (unpaired) electrons. The van der Waals surface area contributed by atoms with Crippen molar-refractivity contribution < 1.29 is 9.59 Å². The maximum atomic E-state index is 13.3. The van der Waals surface area contributed by atoms with Crippen molar-refractivity contribution in [1.29, 1.82) is 0 Å². The van der Waals surface area contributed by atoms with Crippen LogP contribution in [0.3, 0.4) is 0 Å². The van der Waals surface area contributed by atoms with E-state index < -0.39 is 5.91 Å². The Labute approximate surface area is 212 Å². The number of carbonyl (C=O) groups excluding carboxylic acids is 2. The number of benzene rings is 1. The standard InChI is InChI=1S/C27H28N4O2S2/c1-2-3-9-17-11-13-19-22(28)23(35-26(19)30-17)25(33)31-27-21(24(29)32)18-12-10-16(14-20(18)34-27)15-7-5-4-6-8-15/h4-8,11,13,16H,2-3,9-10,12,14,28H2,1H3,(H2,29,32)(H,31,33). The van der Waals surface area contributed by atoms with E-state index in [4.69, 9.17) is 16.5 Å². The molecule has 1 aliphatic rings. The molecular formula is C27H28N4O2S2. The fraction of sp³-hybridized carbons (Fsp3) is 0.296. The van der Waals surface area contributed by atoms with Gasteiger partial charge in [0.25, 0.3) is 11.8 Å². The van der Waals surface area contributed by atoms with Crippen LogP contribution in [0, 0.1) is 0 Å². The largest absolute Gasteiger partial charge is 0.397 e. The number of hydrogen-bond donors (Lipinski definition) is 3. The van der Waals surface area contributed by atoms with E-state index in [1.807, 2.05) is 18.2 Å². The molecule has 4 aromatic rings. The van der Waals surface area contributed by atoms with E-state index in [1.165, 1.54) is 28.2 Å². The minimum Gasteiger partial charge on any atom is -0.397 e. The van der Waals surface area contributed by atoms with Crippen LogP contribution in [0.5, 0.6) is 0 Å². The first-order valence-electron chi connectivity index (χ1n) is 11.9. The van der Waals surface area contributed by atoms with Crippen molar-refractivity contribution in [3.63, 3.8) is 0 Å². The summed E-state index contributed by atoms with van der Waals surface area (Å²) in [6, 6.07) is 14.3. The Balaban J connectivity index is 1.43. The van der Waals surface area contributed by atoms with Crippen molar-refractivity contribution in [2.75, 3.05) is 11.1 Å². The number of nitrogens with zero attached hydrogens (tertiary/aromatic N) is 1. The number of unbranched alkanes of at least 4 members (excludes halogenated alkanes) is 1. The Morgan fingerprint density at radius 3 is 2.69 bits per heavy atom. The molecular weight excluding hydrogens is 476 g/mol. The molecule has 0 saturated carbocycles. The van der Waals surface area contributed by atoms with Gasteiger partial charge in [-0.05, 0) is 61.3 Å². The number of anilines is 2. The maximum absolute atomic E-state index is 13.3. The molecule has 5 N–H and O–H groups in total. The summed E-state index contributed by atoms with van der Waals surface area (Å²) in [4.78, 5) is 32.7. The van der Waals surface area contributed by atoms with Gasteiger partial charge in [-0.2, -0.15) is 0 Å². The molecule has 1 aliphatic carbocycles. The first-order chi connectivity index (χ1) is 17.0. The van der Waals surface area contributed by atoms with E-state index in [0.717, 1.165) is 64.9 Å². The summed E-state index contributed by atoms with van der Waals surface area (Å²) in [6.45, 7) is 2.15. The normalized spacial score (nSPS) is 15.2. The quantitative estimate of drug-likeness (QED) is 0.291. The molecule has 3 aromatic heterocycles. The predicted octanol–water partition coefficient (Wildman–Crippen LogP) is 5.91. The number of amides is 2. The van der Waals surface area contributed by atoms with Gasteiger partial charge in [0.1, 0.15) is 14.7 Å². The third kappa shape index (κ3) is 4.56. The number of nitrogens with one attached hydrogen (secondary N) is 1. The number of nitrogens with two attached hydrogens (primary N) is 2. The number of pyridine rings is 1. The van der Waals surface area contributed by atoms with Crippen molar-refractivity contribution in [3.05, 3.63) is 74.6 Å². The summed E-state index contributed by atoms with van der Waals surface area (Å²) in [5.41, 5.74) is 16.2. The number of primary amides is 1. The Morgan fingerprint density at radius 2 is 1.94 bits per heavy atom. The van der Waals surface area contributed by atoms with Crippen LogP contribution in [-0.2, 0) is 19.3 Å². The Bertz CT molecular complexity index is 1410. The summed E-state index contributed by atoms with van der Waals surface area (Å²) in [5, 5.41) is 4.24. The number of aryl methyl sites for hydroxylation is 1. The number of carbonyl (C=O) groups is 2. The SMILES string of the molecule is CCCCc1ccc2c(N)c(C(=O)Nc3sc4c(c3C(N)=O)CCC(c3ccccc3)C4)sc2n1. The highest BCUT2D eigenvalue weighted by Crippen LogP contribution is 2.43. The van der Waals surface area contributed by atoms with E-state index >= 15 is 0 Å². The first-order valence-corrected chi connectivity index (χ1v) is 13.6. The molecule has 180 valence electrons. The molecule has 1 aromatic carbocycles. The smallest absolute Gasteiger partial charge is 0.268 e. The Kier molecular flexibility index (Phi) is 6.58. The van der Waals surface area contributed by atoms with E-state index in [9.17, 15) is 9.59 Å². The Morgan fingerprint density at radius 1 is 1.14 bits per heavy atom. The number of aromatic nitrogens is 1. The van der Waals surface area contributed by atoms with Crippen LogP contribution in [0.2, 0.25) is 0 Å². The van der Waals surface area contributed by atoms with Gasteiger partial charge in [0.2, 0.25) is 0 Å². The van der Waals surface area contributed by atoms with Gasteiger partial charge in [0.15, 0.2) is 0 Å². The van der Waals surface area contributed by atoms with Crippen LogP contribution in [0.15, 0.2) is 42.5 Å². The molecule has 0 aliphatic heterocycles. The van der Waals surface area contributed by atoms with E-state index in [2.05, 4.69) is 36.5 Å². The molecule has 0 bridgehead atoms. The van der Waals surface area contributed by atoms with Gasteiger partial charge in [-0.25, -0.2) is 4.98 Å². The average molecular weight is 505 g/mol. The van der Waals surface area contributed by atoms with Crippen LogP contribution in [0.25, 0.3) is 10.2 Å². The first kappa shape index (κ1) is 23.5. The van der Waals surface area contributed by atoms with Gasteiger partial charge in [0, 0.05) is 16.0 Å². The molecule has 6 nitrogen and oxygen atoms in total. The van der Waals surface area contributed by atoms with Crippen LogP contribution in [-0.4, -0.2) is 16.8 Å². The Hall–Kier alpha value is -3.23. The number of nitrogen functional groups attached to an aromatic ring is 1. The van der Waals surface area contributed by atoms with Crippen LogP contribution in [0.4, 0.5) is 10.7 Å². The monoisotopic (exact) mass is 504 g/mol. The second-order valence-corrected chi connectivity index (χ2v) is 11.1. The van der Waals surface area contributed by atoms with Crippen molar-refractivity contribution in [1.82, 2.24) is 4.98 Å². The summed E-state index contributed by atoms with van der Waals surface area (Å²) in [6.07, 6.45) is 5.59. The average Bonchev–Trinajstić information content (AvgIpc) is 3.39. The highest BCUT2D eigenvalue weighted by Gasteiger charge is 2.30. The third-order valence-electron chi connectivity index (χ3n) is 6.65. The molecule has 2 amide bonds. The van der Waals surface area contributed by atoms with Crippen molar-refractivity contribution >= 4 is 55.4 Å². The molecule has 0 spiro atoms. The van der Waals surface area contributed by atoms with Gasteiger partial charge >= 0.3 is 0 Å². The van der Waals surface area contributed by atoms with Crippen LogP contribution in [0.1, 0.15) is 73.8 Å². The molecule has 1 unspecified atom stereocenters. The summed E-state index contributed by atoms with van der Waals surface area (Å²) in [5.74, 6) is -0.457. The lowest BCUT2D eigenvalue weighted by atomic mass is 9.83. The molecule has 8 heteroatoms. The maximum Gasteiger partial charge on any atom is 0.268 e. The van der Waals surface area contributed by atoms with Gasteiger partial charge in [-0.3, -0.25) is 9.59 Å². The molecule has 1 atom stereocenters. The van der Waals surface area contributed by atoms with Gasteiger partial charge in [-0.1, -0.05) is 43.7 Å². The van der Waals surface area contributed by atoms with Crippen molar-refractivity contribution in [2.24, 2.45) is 5.73 Å². The summed E-state index contributed by atoms with van der Waals surface area (Å²) < 4.78 is 0. The molecule has 0 fully saturated rings. The lowest BCUT2D eigenvalue weighted by Crippen LogP contribution is -2.19. The number of rotatable bonds is 7. The zero-order valence-corrected chi connectivity index (χ0v) is 21.2. The van der Waals surface area contributed by atoms with Gasteiger partial charge in [-0.15, -0.1) is 22.7 Å². The zero-order chi connectivity index (χ0) is 24.5. The highest BCUT2D eigenvalue weighted by atomic mass is 32.1. The lowest BCUT2D eigenvalue weighted by molar-refractivity contribution is 0.100. The fourth-order valence-corrected chi connectivity index (χ4v) is 7.14. The molecule has 35 heavy (non-hydrogen) atoms. The number of hydrogen-bond acceptors (Lipinski definition) is 6. The van der Waals surface area contributed by atoms with Crippen LogP contribution < -0.4 is 16.8 Å². The number of fused-ring (bicyclic) bond motifs is 2. The third-order valence-corrected chi connectivity index (χ3v) is 8.94. The highest BCUT2D eigenvalue weighted by molar-refractivity contribution is 7.21. The van der Waals surface area contributed by atoms with Crippen molar-refractivity contribution in [2.45, 2.75) is 51.4 Å².